The Morgan fingerprint density at radius 3 is 2.67 bits per heavy atom. The van der Waals surface area contributed by atoms with E-state index in [-0.39, 0.29) is 11.5 Å². The molecule has 1 aromatic carbocycles. The van der Waals surface area contributed by atoms with Crippen LogP contribution in [0, 0.1) is 5.82 Å². The first-order valence-corrected chi connectivity index (χ1v) is 8.80. The van der Waals surface area contributed by atoms with Crippen molar-refractivity contribution in [1.82, 2.24) is 19.4 Å². The van der Waals surface area contributed by atoms with Crippen LogP contribution < -0.4 is 5.32 Å². The van der Waals surface area contributed by atoms with E-state index in [1.807, 2.05) is 6.92 Å². The number of aromatic nitrogens is 3. The second-order valence-electron chi connectivity index (χ2n) is 6.33. The van der Waals surface area contributed by atoms with Gasteiger partial charge in [-0.3, -0.25) is 19.5 Å². The average molecular weight is 367 g/mol. The molecule has 3 aromatic rings. The van der Waals surface area contributed by atoms with Gasteiger partial charge in [-0.15, -0.1) is 0 Å². The maximum absolute atomic E-state index is 13.4. The van der Waals surface area contributed by atoms with Crippen molar-refractivity contribution >= 4 is 28.9 Å². The van der Waals surface area contributed by atoms with Gasteiger partial charge in [-0.25, -0.2) is 14.4 Å². The van der Waals surface area contributed by atoms with Gasteiger partial charge < -0.3 is 4.90 Å². The quantitative estimate of drug-likeness (QED) is 0.769. The van der Waals surface area contributed by atoms with Gasteiger partial charge in [0.15, 0.2) is 5.65 Å². The Kier molecular flexibility index (Phi) is 4.31. The fourth-order valence-corrected chi connectivity index (χ4v) is 3.00. The van der Waals surface area contributed by atoms with Crippen LogP contribution in [0.5, 0.6) is 0 Å². The second-order valence-corrected chi connectivity index (χ2v) is 6.33. The molecule has 1 aliphatic heterocycles. The number of hydrogen-bond donors (Lipinski definition) is 1. The summed E-state index contributed by atoms with van der Waals surface area (Å²) in [6.45, 7) is 3.90. The number of hydrogen-bond acceptors (Lipinski definition) is 4. The van der Waals surface area contributed by atoms with E-state index in [1.54, 1.807) is 21.6 Å². The van der Waals surface area contributed by atoms with Crippen LogP contribution in [0.2, 0.25) is 0 Å². The van der Waals surface area contributed by atoms with E-state index in [2.05, 4.69) is 15.3 Å². The summed E-state index contributed by atoms with van der Waals surface area (Å²) in [5.41, 5.74) is 1.66. The minimum atomic E-state index is -0.484. The first-order chi connectivity index (χ1) is 13.1. The number of anilines is 1. The third-order valence-electron chi connectivity index (χ3n) is 4.58. The molecule has 3 heterocycles. The van der Waals surface area contributed by atoms with E-state index in [4.69, 9.17) is 0 Å². The highest BCUT2D eigenvalue weighted by Gasteiger charge is 2.24. The van der Waals surface area contributed by atoms with Gasteiger partial charge in [0.05, 0.1) is 0 Å². The number of imidazole rings is 1. The minimum Gasteiger partial charge on any atom is -0.337 e. The van der Waals surface area contributed by atoms with E-state index >= 15 is 0 Å². The molecular formula is C19H18FN5O2. The number of likely N-dealkylation sites (tertiary alicyclic amines) is 1. The highest BCUT2D eigenvalue weighted by molar-refractivity contribution is 6.04. The highest BCUT2D eigenvalue weighted by atomic mass is 19.1. The van der Waals surface area contributed by atoms with Crippen molar-refractivity contribution in [2.45, 2.75) is 19.9 Å². The highest BCUT2D eigenvalue weighted by Crippen LogP contribution is 2.21. The summed E-state index contributed by atoms with van der Waals surface area (Å²) >= 11 is 0. The van der Waals surface area contributed by atoms with Crippen molar-refractivity contribution in [3.8, 4) is 0 Å². The third kappa shape index (κ3) is 3.14. The molecular weight excluding hydrogens is 349 g/mol. The van der Waals surface area contributed by atoms with Gasteiger partial charge in [-0.05, 0) is 43.7 Å². The maximum atomic E-state index is 13.4. The van der Waals surface area contributed by atoms with Crippen LogP contribution in [0.1, 0.15) is 34.2 Å². The van der Waals surface area contributed by atoms with Gasteiger partial charge in [0.1, 0.15) is 17.0 Å². The van der Waals surface area contributed by atoms with Crippen molar-refractivity contribution in [1.29, 1.82) is 0 Å². The van der Waals surface area contributed by atoms with Crippen molar-refractivity contribution in [2.24, 2.45) is 0 Å². The Hall–Kier alpha value is -3.29. The largest absolute Gasteiger partial charge is 0.337 e. The molecule has 0 saturated carbocycles. The third-order valence-corrected chi connectivity index (χ3v) is 4.58. The molecule has 0 aliphatic carbocycles. The predicted octanol–water partition coefficient (Wildman–Crippen LogP) is 2.69. The molecule has 0 bridgehead atoms. The Bertz CT molecular complexity index is 1040. The van der Waals surface area contributed by atoms with Crippen molar-refractivity contribution in [3.63, 3.8) is 0 Å². The van der Waals surface area contributed by atoms with Crippen LogP contribution in [0.4, 0.5) is 10.3 Å². The van der Waals surface area contributed by atoms with Gasteiger partial charge in [-0.1, -0.05) is 6.07 Å². The number of carbonyl (C=O) groups is 2. The monoisotopic (exact) mass is 367 g/mol. The lowest BCUT2D eigenvalue weighted by Crippen LogP contribution is -2.42. The zero-order valence-corrected chi connectivity index (χ0v) is 14.8. The fraction of sp³-hybridized carbons (Fsp3) is 0.263. The number of amides is 2. The standard InChI is InChI=1S/C19H18FN5O2/c1-2-25-16-14(7-8-15(21-16)18(27)24-9-4-10-24)22-19(25)23-17(26)12-5-3-6-13(20)11-12/h3,5-8,11H,2,4,9-10H2,1H3,(H,22,23,26). The first-order valence-electron chi connectivity index (χ1n) is 8.80. The number of fused-ring (bicyclic) bond motifs is 1. The maximum Gasteiger partial charge on any atom is 0.272 e. The number of aryl methyl sites for hydroxylation is 1. The zero-order valence-electron chi connectivity index (χ0n) is 14.8. The van der Waals surface area contributed by atoms with Crippen LogP contribution >= 0.6 is 0 Å². The van der Waals surface area contributed by atoms with E-state index in [0.717, 1.165) is 25.6 Å². The molecule has 138 valence electrons. The molecule has 2 aromatic heterocycles. The Morgan fingerprint density at radius 2 is 2.00 bits per heavy atom. The molecule has 27 heavy (non-hydrogen) atoms. The molecule has 8 heteroatoms. The summed E-state index contributed by atoms with van der Waals surface area (Å²) in [6.07, 6.45) is 1.01. The Balaban J connectivity index is 1.66. The number of rotatable bonds is 4. The average Bonchev–Trinajstić information content (AvgIpc) is 2.96. The van der Waals surface area contributed by atoms with Gasteiger partial charge in [0.25, 0.3) is 11.8 Å². The van der Waals surface area contributed by atoms with Crippen molar-refractivity contribution < 1.29 is 14.0 Å². The topological polar surface area (TPSA) is 80.1 Å². The van der Waals surface area contributed by atoms with Crippen molar-refractivity contribution in [2.75, 3.05) is 18.4 Å². The van der Waals surface area contributed by atoms with E-state index < -0.39 is 11.7 Å². The van der Waals surface area contributed by atoms with Crippen LogP contribution in [0.25, 0.3) is 11.2 Å². The molecule has 4 rings (SSSR count). The van der Waals surface area contributed by atoms with Crippen LogP contribution in [-0.4, -0.2) is 44.3 Å². The van der Waals surface area contributed by atoms with E-state index in [9.17, 15) is 14.0 Å². The molecule has 1 fully saturated rings. The molecule has 1 aliphatic rings. The number of halogens is 1. The summed E-state index contributed by atoms with van der Waals surface area (Å²) in [5, 5.41) is 2.70. The minimum absolute atomic E-state index is 0.0997. The molecule has 1 N–H and O–H groups in total. The van der Waals surface area contributed by atoms with Crippen LogP contribution in [0.3, 0.4) is 0 Å². The number of pyridine rings is 1. The summed E-state index contributed by atoms with van der Waals surface area (Å²) < 4.78 is 15.1. The summed E-state index contributed by atoms with van der Waals surface area (Å²) in [7, 11) is 0. The van der Waals surface area contributed by atoms with Gasteiger partial charge in [0, 0.05) is 25.2 Å². The van der Waals surface area contributed by atoms with Crippen molar-refractivity contribution in [3.05, 3.63) is 53.5 Å². The summed E-state index contributed by atoms with van der Waals surface area (Å²) in [6, 6.07) is 8.81. The molecule has 2 amide bonds. The van der Waals surface area contributed by atoms with Gasteiger partial charge in [-0.2, -0.15) is 0 Å². The van der Waals surface area contributed by atoms with Crippen LogP contribution in [-0.2, 0) is 6.54 Å². The van der Waals surface area contributed by atoms with Gasteiger partial charge in [0.2, 0.25) is 5.95 Å². The van der Waals surface area contributed by atoms with Gasteiger partial charge >= 0.3 is 0 Å². The number of nitrogens with one attached hydrogen (secondary N) is 1. The number of nitrogens with zero attached hydrogens (tertiary/aromatic N) is 4. The second kappa shape index (κ2) is 6.79. The normalized spacial score (nSPS) is 13.5. The fourth-order valence-electron chi connectivity index (χ4n) is 3.00. The summed E-state index contributed by atoms with van der Waals surface area (Å²) in [5.74, 6) is -0.737. The first kappa shape index (κ1) is 17.1. The van der Waals surface area contributed by atoms with E-state index in [1.165, 1.54) is 18.2 Å². The SMILES string of the molecule is CCn1c(NC(=O)c2cccc(F)c2)nc2ccc(C(=O)N3CCC3)nc21. The molecule has 7 nitrogen and oxygen atoms in total. The smallest absolute Gasteiger partial charge is 0.272 e. The lowest BCUT2D eigenvalue weighted by atomic mass is 10.2. The molecule has 0 atom stereocenters. The molecule has 0 radical (unpaired) electrons. The Morgan fingerprint density at radius 1 is 1.19 bits per heavy atom. The van der Waals surface area contributed by atoms with E-state index in [0.29, 0.717) is 29.4 Å². The lowest BCUT2D eigenvalue weighted by molar-refractivity contribution is 0.0646. The Labute approximate surface area is 154 Å². The predicted molar refractivity (Wildman–Crippen MR) is 98.1 cm³/mol. The summed E-state index contributed by atoms with van der Waals surface area (Å²) in [4.78, 5) is 35.4. The number of carbonyl (C=O) groups excluding carboxylic acids is 2. The van der Waals surface area contributed by atoms with Crippen LogP contribution in [0.15, 0.2) is 36.4 Å². The molecule has 0 unspecified atom stereocenters. The lowest BCUT2D eigenvalue weighted by Gasteiger charge is -2.30. The molecule has 0 spiro atoms. The number of benzene rings is 1. The molecule has 1 saturated heterocycles. The zero-order chi connectivity index (χ0) is 19.0.